The van der Waals surface area contributed by atoms with E-state index in [0.717, 1.165) is 31.5 Å². The zero-order chi connectivity index (χ0) is 19.4. The number of benzene rings is 2. The molecule has 5 heteroatoms. The first-order valence-electron chi connectivity index (χ1n) is 9.50. The molecule has 0 radical (unpaired) electrons. The number of phenolic OH excluding ortho intramolecular Hbond substituents is 1. The van der Waals surface area contributed by atoms with E-state index >= 15 is 0 Å². The topological polar surface area (TPSA) is 74.0 Å². The molecule has 144 valence electrons. The summed E-state index contributed by atoms with van der Waals surface area (Å²) in [6, 6.07) is 10.2. The van der Waals surface area contributed by atoms with E-state index < -0.39 is 0 Å². The van der Waals surface area contributed by atoms with E-state index in [1.54, 1.807) is 13.2 Å². The molecular formula is C22H27NO4. The normalized spacial score (nSPS) is 19.6. The Morgan fingerprint density at radius 2 is 1.93 bits per heavy atom. The highest BCUT2D eigenvalue weighted by atomic mass is 16.5. The Bertz CT molecular complexity index is 810. The second-order valence-electron chi connectivity index (χ2n) is 7.46. The van der Waals surface area contributed by atoms with Gasteiger partial charge in [0.2, 0.25) is 0 Å². The van der Waals surface area contributed by atoms with Gasteiger partial charge in [-0.2, -0.15) is 0 Å². The number of nitrogens with one attached hydrogen (secondary N) is 1. The highest BCUT2D eigenvalue weighted by Gasteiger charge is 2.22. The Hall–Kier alpha value is -2.53. The summed E-state index contributed by atoms with van der Waals surface area (Å²) in [4.78, 5) is 14.0. The summed E-state index contributed by atoms with van der Waals surface area (Å²) >= 11 is 0. The van der Waals surface area contributed by atoms with E-state index in [1.165, 1.54) is 17.0 Å². The van der Waals surface area contributed by atoms with Crippen LogP contribution in [0.3, 0.4) is 0 Å². The Balaban J connectivity index is 1.80. The predicted molar refractivity (Wildman–Crippen MR) is 101 cm³/mol. The third-order valence-electron chi connectivity index (χ3n) is 5.49. The molecule has 0 unspecified atom stereocenters. The van der Waals surface area contributed by atoms with Crippen molar-refractivity contribution in [1.82, 2.24) is 0 Å². The van der Waals surface area contributed by atoms with Crippen LogP contribution in [0.5, 0.6) is 17.2 Å². The maximum atomic E-state index is 12.9. The zero-order valence-corrected chi connectivity index (χ0v) is 16.0. The monoisotopic (exact) mass is 369 g/mol. The van der Waals surface area contributed by atoms with Gasteiger partial charge >= 0.3 is 0 Å². The van der Waals surface area contributed by atoms with E-state index in [-0.39, 0.29) is 29.3 Å². The summed E-state index contributed by atoms with van der Waals surface area (Å²) in [7, 11) is 1.56. The van der Waals surface area contributed by atoms with Gasteiger partial charge in [-0.05, 0) is 37.0 Å². The van der Waals surface area contributed by atoms with Crippen molar-refractivity contribution in [3.63, 3.8) is 0 Å². The lowest BCUT2D eigenvalue weighted by Gasteiger charge is -2.29. The molecule has 0 amide bonds. The third kappa shape index (κ3) is 4.42. The first-order valence-corrected chi connectivity index (χ1v) is 9.50. The minimum Gasteiger partial charge on any atom is -0.872 e. The van der Waals surface area contributed by atoms with Gasteiger partial charge in [-0.25, -0.2) is 0 Å². The van der Waals surface area contributed by atoms with Gasteiger partial charge in [-0.3, -0.25) is 4.79 Å². The van der Waals surface area contributed by atoms with E-state index in [4.69, 9.17) is 4.74 Å². The highest BCUT2D eigenvalue weighted by molar-refractivity contribution is 6.00. The number of hydrogen-bond donors (Lipinski definition) is 2. The van der Waals surface area contributed by atoms with Crippen LogP contribution >= 0.6 is 0 Å². The number of ether oxygens (including phenoxy) is 1. The molecule has 0 saturated carbocycles. The number of carbonyl (C=O) groups excluding carboxylic acids is 1. The Kier molecular flexibility index (Phi) is 6.01. The second-order valence-corrected chi connectivity index (χ2v) is 7.46. The van der Waals surface area contributed by atoms with E-state index in [0.29, 0.717) is 23.8 Å². The number of para-hydroxylation sites is 1. The number of methoxy groups -OCH3 is 1. The number of phenols is 1. The molecule has 0 atom stereocenters. The Morgan fingerprint density at radius 3 is 2.63 bits per heavy atom. The molecule has 1 saturated heterocycles. The van der Waals surface area contributed by atoms with Gasteiger partial charge in [-0.15, -0.1) is 0 Å². The molecule has 0 aliphatic carbocycles. The third-order valence-corrected chi connectivity index (χ3v) is 5.49. The van der Waals surface area contributed by atoms with Gasteiger partial charge in [0, 0.05) is 23.1 Å². The van der Waals surface area contributed by atoms with Gasteiger partial charge in [0.15, 0.2) is 5.78 Å². The summed E-state index contributed by atoms with van der Waals surface area (Å²) in [5.74, 6) is 0.723. The zero-order valence-electron chi connectivity index (χ0n) is 16.0. The van der Waals surface area contributed by atoms with E-state index in [1.807, 2.05) is 18.2 Å². The van der Waals surface area contributed by atoms with Crippen molar-refractivity contribution >= 4 is 5.78 Å². The summed E-state index contributed by atoms with van der Waals surface area (Å²) in [5.41, 5.74) is 1.23. The van der Waals surface area contributed by atoms with Crippen LogP contribution in [-0.4, -0.2) is 31.1 Å². The fourth-order valence-corrected chi connectivity index (χ4v) is 3.72. The summed E-state index contributed by atoms with van der Waals surface area (Å²) in [6.07, 6.45) is 2.34. The first kappa shape index (κ1) is 19.2. The number of piperidine rings is 1. The van der Waals surface area contributed by atoms with Crippen molar-refractivity contribution in [2.75, 3.05) is 20.2 Å². The molecule has 5 nitrogen and oxygen atoms in total. The number of rotatable bonds is 6. The van der Waals surface area contributed by atoms with Gasteiger partial charge in [0.25, 0.3) is 0 Å². The summed E-state index contributed by atoms with van der Waals surface area (Å²) in [5, 5.41) is 23.1. The van der Waals surface area contributed by atoms with Crippen molar-refractivity contribution < 1.29 is 24.6 Å². The lowest BCUT2D eigenvalue weighted by atomic mass is 9.96. The number of likely N-dealkylation sites (tertiary alicyclic amines) is 1. The second kappa shape index (κ2) is 8.44. The number of carbonyl (C=O) groups is 1. The average molecular weight is 369 g/mol. The maximum Gasteiger partial charge on any atom is 0.166 e. The van der Waals surface area contributed by atoms with Crippen LogP contribution in [0.4, 0.5) is 0 Å². The van der Waals surface area contributed by atoms with E-state index in [2.05, 4.69) is 6.92 Å². The average Bonchev–Trinajstić information content (AvgIpc) is 2.67. The number of aromatic hydroxyl groups is 1. The van der Waals surface area contributed by atoms with Crippen LogP contribution in [0, 0.1) is 5.92 Å². The Labute approximate surface area is 160 Å². The SMILES string of the molecule is COc1ccccc1CC(=O)c1ccc(O)c(C[NH+]2CCC(C)CC2)c1[O-]. The number of quaternary nitrogens is 1. The van der Waals surface area contributed by atoms with Crippen LogP contribution < -0.4 is 14.7 Å². The van der Waals surface area contributed by atoms with Gasteiger partial charge < -0.3 is 19.8 Å². The number of Topliss-reactive ketones (excluding diaryl/α,β-unsaturated/α-hetero) is 1. The summed E-state index contributed by atoms with van der Waals surface area (Å²) < 4.78 is 5.29. The quantitative estimate of drug-likeness (QED) is 0.761. The largest absolute Gasteiger partial charge is 0.872 e. The molecule has 1 aliphatic heterocycles. The van der Waals surface area contributed by atoms with Gasteiger partial charge in [0.05, 0.1) is 20.2 Å². The maximum absolute atomic E-state index is 12.9. The minimum atomic E-state index is -0.346. The molecule has 0 bridgehead atoms. The van der Waals surface area contributed by atoms with Crippen molar-refractivity contribution in [3.05, 3.63) is 53.1 Å². The summed E-state index contributed by atoms with van der Waals surface area (Å²) in [6.45, 7) is 4.68. The van der Waals surface area contributed by atoms with Crippen LogP contribution in [0.1, 0.15) is 41.3 Å². The lowest BCUT2D eigenvalue weighted by molar-refractivity contribution is -0.919. The van der Waals surface area contributed by atoms with Crippen LogP contribution in [0.25, 0.3) is 0 Å². The minimum absolute atomic E-state index is 0.0139. The molecule has 2 aromatic carbocycles. The molecule has 27 heavy (non-hydrogen) atoms. The van der Waals surface area contributed by atoms with Crippen LogP contribution in [-0.2, 0) is 13.0 Å². The molecule has 3 rings (SSSR count). The molecule has 1 heterocycles. The fraction of sp³-hybridized carbons (Fsp3) is 0.409. The van der Waals surface area contributed by atoms with Crippen molar-refractivity contribution in [3.8, 4) is 17.2 Å². The fourth-order valence-electron chi connectivity index (χ4n) is 3.72. The molecule has 2 N–H and O–H groups in total. The number of hydrogen-bond acceptors (Lipinski definition) is 4. The van der Waals surface area contributed by atoms with Crippen molar-refractivity contribution in [1.29, 1.82) is 0 Å². The molecule has 1 aliphatic rings. The molecule has 1 fully saturated rings. The van der Waals surface area contributed by atoms with Crippen LogP contribution in [0.2, 0.25) is 0 Å². The molecular weight excluding hydrogens is 342 g/mol. The van der Waals surface area contributed by atoms with E-state index in [9.17, 15) is 15.0 Å². The van der Waals surface area contributed by atoms with Crippen LogP contribution in [0.15, 0.2) is 36.4 Å². The molecule has 2 aromatic rings. The predicted octanol–water partition coefficient (Wildman–Crippen LogP) is 1.71. The van der Waals surface area contributed by atoms with Crippen molar-refractivity contribution in [2.45, 2.75) is 32.7 Å². The highest BCUT2D eigenvalue weighted by Crippen LogP contribution is 2.30. The standard InChI is InChI=1S/C22H27NO4/c1-15-9-11-23(12-10-15)14-18-19(24)8-7-17(22(18)26)20(25)13-16-5-3-4-6-21(16)27-2/h3-8,15,24,26H,9-14H2,1-2H3. The first-order chi connectivity index (χ1) is 13.0. The molecule has 0 spiro atoms. The smallest absolute Gasteiger partial charge is 0.166 e. The Morgan fingerprint density at radius 1 is 1.22 bits per heavy atom. The van der Waals surface area contributed by atoms with Gasteiger partial charge in [0.1, 0.15) is 18.0 Å². The van der Waals surface area contributed by atoms with Gasteiger partial charge in [-0.1, -0.05) is 30.9 Å². The molecule has 0 aromatic heterocycles. The lowest BCUT2D eigenvalue weighted by Crippen LogP contribution is -3.11. The number of ketones is 1. The van der Waals surface area contributed by atoms with Crippen molar-refractivity contribution in [2.24, 2.45) is 5.92 Å².